The number of aromatic nitrogens is 1. The monoisotopic (exact) mass is 302 g/mol. The number of H-pyrrole nitrogens is 1. The summed E-state index contributed by atoms with van der Waals surface area (Å²) >= 11 is 0. The lowest BCUT2D eigenvalue weighted by Crippen LogP contribution is -2.27. The Bertz CT molecular complexity index is 734. The van der Waals surface area contributed by atoms with E-state index in [4.69, 9.17) is 4.74 Å². The lowest BCUT2D eigenvalue weighted by molar-refractivity contribution is -0.121. The summed E-state index contributed by atoms with van der Waals surface area (Å²) in [7, 11) is 1.59. The van der Waals surface area contributed by atoms with E-state index < -0.39 is 0 Å². The molecule has 1 aromatic carbocycles. The maximum absolute atomic E-state index is 12.1. The van der Waals surface area contributed by atoms with E-state index >= 15 is 0 Å². The fourth-order valence-electron chi connectivity index (χ4n) is 2.53. The van der Waals surface area contributed by atoms with Gasteiger partial charge in [-0.3, -0.25) is 9.59 Å². The van der Waals surface area contributed by atoms with Gasteiger partial charge in [-0.05, 0) is 43.5 Å². The van der Waals surface area contributed by atoms with Gasteiger partial charge in [0.1, 0.15) is 0 Å². The summed E-state index contributed by atoms with van der Waals surface area (Å²) < 4.78 is 4.88. The molecule has 0 bridgehead atoms. The van der Waals surface area contributed by atoms with Gasteiger partial charge in [0.2, 0.25) is 5.91 Å². The van der Waals surface area contributed by atoms with Crippen LogP contribution in [-0.4, -0.2) is 31.2 Å². The molecular weight excluding hydrogens is 280 g/mol. The van der Waals surface area contributed by atoms with E-state index in [1.807, 2.05) is 26.0 Å². The second kappa shape index (κ2) is 7.22. The fourth-order valence-corrected chi connectivity index (χ4v) is 2.53. The number of rotatable bonds is 6. The summed E-state index contributed by atoms with van der Waals surface area (Å²) in [6.07, 6.45) is 0.723. The third-order valence-corrected chi connectivity index (χ3v) is 3.64. The number of aryl methyl sites for hydroxylation is 3. The number of carbonyl (C=O) groups is 1. The number of hydrogen-bond donors (Lipinski definition) is 2. The Morgan fingerprint density at radius 3 is 2.77 bits per heavy atom. The van der Waals surface area contributed by atoms with Gasteiger partial charge in [0, 0.05) is 36.5 Å². The summed E-state index contributed by atoms with van der Waals surface area (Å²) in [4.78, 5) is 26.7. The maximum Gasteiger partial charge on any atom is 0.251 e. The standard InChI is InChI=1S/C17H22N2O3/c1-11-8-12(2)14-10-13(17(21)19-15(14)9-11)4-5-16(20)18-6-7-22-3/h8-10H,4-7H2,1-3H3,(H,18,20)(H,19,21). The predicted octanol–water partition coefficient (Wildman–Crippen LogP) is 1.84. The smallest absolute Gasteiger partial charge is 0.251 e. The van der Waals surface area contributed by atoms with Crippen molar-refractivity contribution < 1.29 is 9.53 Å². The molecule has 0 spiro atoms. The molecule has 0 aliphatic heterocycles. The van der Waals surface area contributed by atoms with E-state index in [9.17, 15) is 9.59 Å². The van der Waals surface area contributed by atoms with E-state index in [-0.39, 0.29) is 11.5 Å². The van der Waals surface area contributed by atoms with Gasteiger partial charge in [-0.15, -0.1) is 0 Å². The van der Waals surface area contributed by atoms with Crippen LogP contribution in [0.2, 0.25) is 0 Å². The molecule has 0 fully saturated rings. The number of carbonyl (C=O) groups excluding carboxylic acids is 1. The molecule has 1 aromatic heterocycles. The van der Waals surface area contributed by atoms with Crippen LogP contribution in [0.5, 0.6) is 0 Å². The van der Waals surface area contributed by atoms with E-state index in [0.29, 0.717) is 31.6 Å². The van der Waals surface area contributed by atoms with Crippen LogP contribution in [0.1, 0.15) is 23.1 Å². The third kappa shape index (κ3) is 3.95. The first-order valence-corrected chi connectivity index (χ1v) is 7.40. The lowest BCUT2D eigenvalue weighted by Gasteiger charge is -2.08. The molecule has 0 saturated carbocycles. The van der Waals surface area contributed by atoms with Crippen LogP contribution in [0, 0.1) is 13.8 Å². The molecule has 1 amide bonds. The van der Waals surface area contributed by atoms with E-state index in [2.05, 4.69) is 16.4 Å². The highest BCUT2D eigenvalue weighted by Crippen LogP contribution is 2.18. The minimum Gasteiger partial charge on any atom is -0.383 e. The first kappa shape index (κ1) is 16.2. The van der Waals surface area contributed by atoms with E-state index in [1.165, 1.54) is 0 Å². The van der Waals surface area contributed by atoms with Crippen LogP contribution in [0.25, 0.3) is 10.9 Å². The quantitative estimate of drug-likeness (QED) is 0.800. The average molecular weight is 302 g/mol. The van der Waals surface area contributed by atoms with Gasteiger partial charge >= 0.3 is 0 Å². The zero-order chi connectivity index (χ0) is 16.1. The molecule has 118 valence electrons. The van der Waals surface area contributed by atoms with Crippen LogP contribution in [0.15, 0.2) is 23.0 Å². The molecule has 0 saturated heterocycles. The van der Waals surface area contributed by atoms with Crippen molar-refractivity contribution in [3.05, 3.63) is 45.2 Å². The van der Waals surface area contributed by atoms with Gasteiger partial charge in [0.15, 0.2) is 0 Å². The number of aromatic amines is 1. The topological polar surface area (TPSA) is 71.2 Å². The van der Waals surface area contributed by atoms with Gasteiger partial charge in [0.05, 0.1) is 6.61 Å². The molecule has 0 unspecified atom stereocenters. The van der Waals surface area contributed by atoms with Crippen LogP contribution >= 0.6 is 0 Å². The van der Waals surface area contributed by atoms with Gasteiger partial charge in [-0.1, -0.05) is 6.07 Å². The molecule has 5 heteroatoms. The van der Waals surface area contributed by atoms with Crippen LogP contribution in [0.3, 0.4) is 0 Å². The number of methoxy groups -OCH3 is 1. The number of hydrogen-bond acceptors (Lipinski definition) is 3. The molecule has 1 heterocycles. The molecule has 0 atom stereocenters. The highest BCUT2D eigenvalue weighted by molar-refractivity contribution is 5.83. The molecule has 0 radical (unpaired) electrons. The largest absolute Gasteiger partial charge is 0.383 e. The van der Waals surface area contributed by atoms with Crippen molar-refractivity contribution in [2.24, 2.45) is 0 Å². The Hall–Kier alpha value is -2.14. The molecule has 2 aromatic rings. The zero-order valence-electron chi connectivity index (χ0n) is 13.3. The number of fused-ring (bicyclic) bond motifs is 1. The Labute approximate surface area is 129 Å². The summed E-state index contributed by atoms with van der Waals surface area (Å²) in [6, 6.07) is 5.94. The van der Waals surface area contributed by atoms with Gasteiger partial charge in [0.25, 0.3) is 5.56 Å². The van der Waals surface area contributed by atoms with Crippen molar-refractivity contribution in [2.45, 2.75) is 26.7 Å². The van der Waals surface area contributed by atoms with Gasteiger partial charge in [-0.25, -0.2) is 0 Å². The minimum atomic E-state index is -0.123. The second-order valence-electron chi connectivity index (χ2n) is 5.51. The van der Waals surface area contributed by atoms with Crippen molar-refractivity contribution in [3.8, 4) is 0 Å². The van der Waals surface area contributed by atoms with Crippen LogP contribution in [-0.2, 0) is 16.0 Å². The molecule has 2 N–H and O–H groups in total. The number of amides is 1. The molecule has 5 nitrogen and oxygen atoms in total. The predicted molar refractivity (Wildman–Crippen MR) is 87.2 cm³/mol. The Morgan fingerprint density at radius 1 is 1.27 bits per heavy atom. The highest BCUT2D eigenvalue weighted by atomic mass is 16.5. The molecular formula is C17H22N2O3. The molecule has 22 heavy (non-hydrogen) atoms. The average Bonchev–Trinajstić information content (AvgIpc) is 2.45. The minimum absolute atomic E-state index is 0.0721. The first-order chi connectivity index (χ1) is 10.5. The highest BCUT2D eigenvalue weighted by Gasteiger charge is 2.08. The SMILES string of the molecule is COCCNC(=O)CCc1cc2c(C)cc(C)cc2[nH]c1=O. The Kier molecular flexibility index (Phi) is 5.33. The van der Waals surface area contributed by atoms with Crippen LogP contribution < -0.4 is 10.9 Å². The number of nitrogens with one attached hydrogen (secondary N) is 2. The van der Waals surface area contributed by atoms with Crippen molar-refractivity contribution in [1.82, 2.24) is 10.3 Å². The van der Waals surface area contributed by atoms with Crippen molar-refractivity contribution in [2.75, 3.05) is 20.3 Å². The Balaban J connectivity index is 2.13. The lowest BCUT2D eigenvalue weighted by atomic mass is 10.0. The Morgan fingerprint density at radius 2 is 2.05 bits per heavy atom. The first-order valence-electron chi connectivity index (χ1n) is 7.40. The summed E-state index contributed by atoms with van der Waals surface area (Å²) in [6.45, 7) is 5.00. The van der Waals surface area contributed by atoms with Crippen molar-refractivity contribution in [3.63, 3.8) is 0 Å². The molecule has 2 rings (SSSR count). The second-order valence-corrected chi connectivity index (χ2v) is 5.51. The van der Waals surface area contributed by atoms with Gasteiger partial charge < -0.3 is 15.0 Å². The summed E-state index contributed by atoms with van der Waals surface area (Å²) in [5.74, 6) is -0.0721. The van der Waals surface area contributed by atoms with E-state index in [1.54, 1.807) is 7.11 Å². The number of pyridine rings is 1. The molecule has 0 aliphatic carbocycles. The fraction of sp³-hybridized carbons (Fsp3) is 0.412. The van der Waals surface area contributed by atoms with Crippen molar-refractivity contribution in [1.29, 1.82) is 0 Å². The van der Waals surface area contributed by atoms with E-state index in [0.717, 1.165) is 22.0 Å². The third-order valence-electron chi connectivity index (χ3n) is 3.64. The summed E-state index contributed by atoms with van der Waals surface area (Å²) in [5.41, 5.74) is 3.60. The number of benzene rings is 1. The summed E-state index contributed by atoms with van der Waals surface area (Å²) in [5, 5.41) is 3.78. The molecule has 0 aliphatic rings. The normalized spacial score (nSPS) is 10.9. The maximum atomic E-state index is 12.1. The van der Waals surface area contributed by atoms with Crippen molar-refractivity contribution >= 4 is 16.8 Å². The van der Waals surface area contributed by atoms with Crippen LogP contribution in [0.4, 0.5) is 0 Å². The zero-order valence-corrected chi connectivity index (χ0v) is 13.3. The van der Waals surface area contributed by atoms with Gasteiger partial charge in [-0.2, -0.15) is 0 Å². The number of ether oxygens (including phenoxy) is 1.